The zero-order valence-corrected chi connectivity index (χ0v) is 12.3. The third-order valence-electron chi connectivity index (χ3n) is 3.26. The Morgan fingerprint density at radius 3 is 3.00 bits per heavy atom. The molecule has 0 spiro atoms. The molecule has 0 aliphatic carbocycles. The highest BCUT2D eigenvalue weighted by atomic mass is 32.1. The summed E-state index contributed by atoms with van der Waals surface area (Å²) in [6.07, 6.45) is 2.25. The van der Waals surface area contributed by atoms with Gasteiger partial charge in [-0.3, -0.25) is 9.36 Å². The van der Waals surface area contributed by atoms with Gasteiger partial charge in [-0.05, 0) is 24.8 Å². The van der Waals surface area contributed by atoms with Crippen LogP contribution in [0.1, 0.15) is 37.2 Å². The van der Waals surface area contributed by atoms with E-state index in [0.717, 1.165) is 11.1 Å². The fourth-order valence-corrected chi connectivity index (χ4v) is 2.95. The van der Waals surface area contributed by atoms with Crippen LogP contribution in [0, 0.1) is 6.92 Å². The van der Waals surface area contributed by atoms with Gasteiger partial charge in [0, 0.05) is 6.42 Å². The van der Waals surface area contributed by atoms with Crippen molar-refractivity contribution in [3.63, 3.8) is 0 Å². The lowest BCUT2D eigenvalue weighted by molar-refractivity contribution is 0.339. The Hall–Kier alpha value is -2.02. The average molecular weight is 290 g/mol. The minimum Gasteiger partial charge on any atom is -0.337 e. The molecule has 0 saturated heterocycles. The number of fused-ring (bicyclic) bond motifs is 1. The molecule has 3 rings (SSSR count). The lowest BCUT2D eigenvalue weighted by Crippen LogP contribution is -2.24. The standard InChI is InChI=1S/C13H14N4O2S/c1-4-9-15-12(19-16-9)8(3)17-6-14-10-7(2)5-20-11(10)13(17)18/h5-6,8H,4H2,1-3H3/t8-/m0/s1. The van der Waals surface area contributed by atoms with E-state index in [2.05, 4.69) is 15.1 Å². The minimum absolute atomic E-state index is 0.0724. The number of hydrogen-bond donors (Lipinski definition) is 0. The van der Waals surface area contributed by atoms with Gasteiger partial charge in [0.25, 0.3) is 5.56 Å². The second kappa shape index (κ2) is 4.82. The van der Waals surface area contributed by atoms with Crippen LogP contribution in [0.3, 0.4) is 0 Å². The van der Waals surface area contributed by atoms with E-state index in [4.69, 9.17) is 4.52 Å². The quantitative estimate of drug-likeness (QED) is 0.740. The fourth-order valence-electron chi connectivity index (χ4n) is 2.02. The molecule has 0 aromatic carbocycles. The molecule has 0 saturated carbocycles. The molecule has 0 radical (unpaired) electrons. The van der Waals surface area contributed by atoms with Gasteiger partial charge in [-0.15, -0.1) is 11.3 Å². The van der Waals surface area contributed by atoms with Crippen LogP contribution in [0.25, 0.3) is 10.2 Å². The molecule has 0 bridgehead atoms. The van der Waals surface area contributed by atoms with Crippen LogP contribution in [-0.4, -0.2) is 19.7 Å². The summed E-state index contributed by atoms with van der Waals surface area (Å²) < 4.78 is 7.39. The van der Waals surface area contributed by atoms with E-state index in [-0.39, 0.29) is 11.6 Å². The van der Waals surface area contributed by atoms with E-state index in [9.17, 15) is 4.79 Å². The molecule has 0 aliphatic rings. The predicted octanol–water partition coefficient (Wildman–Crippen LogP) is 2.32. The Kier molecular flexibility index (Phi) is 3.13. The number of aromatic nitrogens is 4. The monoisotopic (exact) mass is 290 g/mol. The molecular formula is C13H14N4O2S. The first-order chi connectivity index (χ1) is 9.61. The normalized spacial score (nSPS) is 12.9. The van der Waals surface area contributed by atoms with Gasteiger partial charge in [0.05, 0.1) is 11.8 Å². The molecular weight excluding hydrogens is 276 g/mol. The summed E-state index contributed by atoms with van der Waals surface area (Å²) in [4.78, 5) is 21.1. The van der Waals surface area contributed by atoms with E-state index >= 15 is 0 Å². The number of hydrogen-bond acceptors (Lipinski definition) is 6. The van der Waals surface area contributed by atoms with Crippen LogP contribution < -0.4 is 5.56 Å². The van der Waals surface area contributed by atoms with Crippen molar-refractivity contribution < 1.29 is 4.52 Å². The van der Waals surface area contributed by atoms with Gasteiger partial charge in [0.15, 0.2) is 5.82 Å². The molecule has 104 valence electrons. The summed E-state index contributed by atoms with van der Waals surface area (Å²) in [6, 6.07) is -0.324. The molecule has 6 nitrogen and oxygen atoms in total. The molecule has 0 N–H and O–H groups in total. The Morgan fingerprint density at radius 1 is 1.50 bits per heavy atom. The van der Waals surface area contributed by atoms with Crippen molar-refractivity contribution in [1.29, 1.82) is 0 Å². The van der Waals surface area contributed by atoms with Crippen molar-refractivity contribution in [1.82, 2.24) is 19.7 Å². The maximum Gasteiger partial charge on any atom is 0.272 e. The second-order valence-corrected chi connectivity index (χ2v) is 5.51. The number of aryl methyl sites for hydroxylation is 2. The first-order valence-corrected chi connectivity index (χ1v) is 7.27. The summed E-state index contributed by atoms with van der Waals surface area (Å²) in [5.74, 6) is 1.07. The van der Waals surface area contributed by atoms with Gasteiger partial charge >= 0.3 is 0 Å². The molecule has 20 heavy (non-hydrogen) atoms. The smallest absolute Gasteiger partial charge is 0.272 e. The number of rotatable bonds is 3. The molecule has 0 aliphatic heterocycles. The van der Waals surface area contributed by atoms with Crippen molar-refractivity contribution in [2.24, 2.45) is 0 Å². The van der Waals surface area contributed by atoms with Crippen LogP contribution in [0.5, 0.6) is 0 Å². The molecule has 0 unspecified atom stereocenters. The Bertz CT molecular complexity index is 817. The van der Waals surface area contributed by atoms with Gasteiger partial charge in [-0.25, -0.2) is 4.98 Å². The highest BCUT2D eigenvalue weighted by molar-refractivity contribution is 7.17. The van der Waals surface area contributed by atoms with Crippen molar-refractivity contribution >= 4 is 21.6 Å². The van der Waals surface area contributed by atoms with Gasteiger partial charge in [-0.1, -0.05) is 12.1 Å². The van der Waals surface area contributed by atoms with Crippen LogP contribution >= 0.6 is 11.3 Å². The molecule has 1 atom stereocenters. The summed E-state index contributed by atoms with van der Waals surface area (Å²) in [5, 5.41) is 5.80. The highest BCUT2D eigenvalue weighted by Crippen LogP contribution is 2.21. The third-order valence-corrected chi connectivity index (χ3v) is 4.33. The molecule has 3 heterocycles. The van der Waals surface area contributed by atoms with Crippen LogP contribution in [0.2, 0.25) is 0 Å². The van der Waals surface area contributed by atoms with E-state index in [1.165, 1.54) is 15.9 Å². The van der Waals surface area contributed by atoms with E-state index in [1.54, 1.807) is 6.33 Å². The summed E-state index contributed by atoms with van der Waals surface area (Å²) >= 11 is 1.41. The summed E-state index contributed by atoms with van der Waals surface area (Å²) in [6.45, 7) is 5.75. The van der Waals surface area contributed by atoms with Crippen LogP contribution in [-0.2, 0) is 6.42 Å². The molecule has 3 aromatic heterocycles. The van der Waals surface area contributed by atoms with Gasteiger partial charge in [0.1, 0.15) is 10.7 Å². The van der Waals surface area contributed by atoms with Crippen molar-refractivity contribution in [2.75, 3.05) is 0 Å². The topological polar surface area (TPSA) is 73.8 Å². The lowest BCUT2D eigenvalue weighted by Gasteiger charge is -2.09. The largest absolute Gasteiger partial charge is 0.337 e. The van der Waals surface area contributed by atoms with E-state index < -0.39 is 0 Å². The van der Waals surface area contributed by atoms with Crippen molar-refractivity contribution in [3.05, 3.63) is 39.3 Å². The minimum atomic E-state index is -0.324. The lowest BCUT2D eigenvalue weighted by atomic mass is 10.3. The first-order valence-electron chi connectivity index (χ1n) is 6.39. The van der Waals surface area contributed by atoms with E-state index in [1.807, 2.05) is 26.2 Å². The Morgan fingerprint density at radius 2 is 2.30 bits per heavy atom. The third kappa shape index (κ3) is 1.94. The number of thiophene rings is 1. The van der Waals surface area contributed by atoms with Crippen LogP contribution in [0.4, 0.5) is 0 Å². The maximum absolute atomic E-state index is 12.5. The summed E-state index contributed by atoms with van der Waals surface area (Å²) in [7, 11) is 0. The SMILES string of the molecule is CCc1noc([C@H](C)n2cnc3c(C)csc3c2=O)n1. The van der Waals surface area contributed by atoms with Crippen LogP contribution in [0.15, 0.2) is 21.0 Å². The Labute approximate surface area is 119 Å². The van der Waals surface area contributed by atoms with Crippen molar-refractivity contribution in [2.45, 2.75) is 33.2 Å². The van der Waals surface area contributed by atoms with Gasteiger partial charge < -0.3 is 4.52 Å². The molecule has 0 amide bonds. The summed E-state index contributed by atoms with van der Waals surface area (Å²) in [5.41, 5.74) is 1.72. The zero-order chi connectivity index (χ0) is 14.3. The first kappa shape index (κ1) is 13.0. The van der Waals surface area contributed by atoms with Gasteiger partial charge in [0.2, 0.25) is 5.89 Å². The Balaban J connectivity index is 2.09. The van der Waals surface area contributed by atoms with E-state index in [0.29, 0.717) is 22.8 Å². The predicted molar refractivity (Wildman–Crippen MR) is 76.1 cm³/mol. The van der Waals surface area contributed by atoms with Gasteiger partial charge in [-0.2, -0.15) is 4.98 Å². The zero-order valence-electron chi connectivity index (χ0n) is 11.5. The fraction of sp³-hybridized carbons (Fsp3) is 0.385. The maximum atomic E-state index is 12.5. The van der Waals surface area contributed by atoms with Crippen molar-refractivity contribution in [3.8, 4) is 0 Å². The molecule has 7 heteroatoms. The molecule has 3 aromatic rings. The highest BCUT2D eigenvalue weighted by Gasteiger charge is 2.19. The number of nitrogens with zero attached hydrogens (tertiary/aromatic N) is 4. The second-order valence-electron chi connectivity index (χ2n) is 4.63. The average Bonchev–Trinajstić information content (AvgIpc) is 3.06. The molecule has 0 fully saturated rings.